The first-order valence-electron chi connectivity index (χ1n) is 6.13. The molecule has 0 aliphatic heterocycles. The summed E-state index contributed by atoms with van der Waals surface area (Å²) in [5, 5.41) is 13.2. The molecule has 0 aliphatic carbocycles. The first kappa shape index (κ1) is 11.8. The van der Waals surface area contributed by atoms with Gasteiger partial charge in [-0.05, 0) is 24.6 Å². The second-order valence-corrected chi connectivity index (χ2v) is 6.90. The summed E-state index contributed by atoms with van der Waals surface area (Å²) in [5.74, 6) is 0. The van der Waals surface area contributed by atoms with E-state index in [2.05, 4.69) is 25.1 Å². The SMILES string of the molecule is Cc1ccc2c(c1)sc1c3ccc([N+](=O)[O-])cc3sc21. The van der Waals surface area contributed by atoms with Crippen molar-refractivity contribution in [2.45, 2.75) is 6.92 Å². The molecule has 0 saturated heterocycles. The molecule has 0 unspecified atom stereocenters. The van der Waals surface area contributed by atoms with E-state index in [1.54, 1.807) is 34.8 Å². The lowest BCUT2D eigenvalue weighted by Gasteiger charge is -1.93. The van der Waals surface area contributed by atoms with E-state index in [9.17, 15) is 10.1 Å². The fourth-order valence-corrected chi connectivity index (χ4v) is 5.25. The van der Waals surface area contributed by atoms with Gasteiger partial charge in [0.1, 0.15) is 0 Å². The van der Waals surface area contributed by atoms with Crippen LogP contribution in [0.4, 0.5) is 5.69 Å². The quantitative estimate of drug-likeness (QED) is 0.345. The fraction of sp³-hybridized carbons (Fsp3) is 0.0667. The van der Waals surface area contributed by atoms with E-state index in [1.807, 2.05) is 6.07 Å². The number of hydrogen-bond acceptors (Lipinski definition) is 4. The van der Waals surface area contributed by atoms with Crippen LogP contribution in [0.15, 0.2) is 36.4 Å². The van der Waals surface area contributed by atoms with E-state index in [0.29, 0.717) is 0 Å². The van der Waals surface area contributed by atoms with Gasteiger partial charge in [-0.2, -0.15) is 0 Å². The third-order valence-corrected chi connectivity index (χ3v) is 5.93. The zero-order valence-electron chi connectivity index (χ0n) is 10.5. The highest BCUT2D eigenvalue weighted by Gasteiger charge is 2.14. The van der Waals surface area contributed by atoms with Gasteiger partial charge < -0.3 is 0 Å². The van der Waals surface area contributed by atoms with Gasteiger partial charge in [-0.25, -0.2) is 0 Å². The van der Waals surface area contributed by atoms with Crippen LogP contribution in [0.1, 0.15) is 5.56 Å². The molecular formula is C15H9NO2S2. The molecular weight excluding hydrogens is 290 g/mol. The predicted octanol–water partition coefficient (Wildman–Crippen LogP) is 5.49. The first-order chi connectivity index (χ1) is 9.63. The fourth-order valence-electron chi connectivity index (χ4n) is 2.47. The average Bonchev–Trinajstić information content (AvgIpc) is 2.92. The van der Waals surface area contributed by atoms with Gasteiger partial charge in [-0.15, -0.1) is 22.7 Å². The number of aryl methyl sites for hydroxylation is 1. The highest BCUT2D eigenvalue weighted by molar-refractivity contribution is 7.36. The van der Waals surface area contributed by atoms with Crippen LogP contribution in [0.2, 0.25) is 0 Å². The Kier molecular flexibility index (Phi) is 2.37. The van der Waals surface area contributed by atoms with Crippen LogP contribution in [0.25, 0.3) is 29.6 Å². The molecule has 20 heavy (non-hydrogen) atoms. The van der Waals surface area contributed by atoms with E-state index in [-0.39, 0.29) is 10.6 Å². The summed E-state index contributed by atoms with van der Waals surface area (Å²) in [6, 6.07) is 11.6. The maximum atomic E-state index is 10.9. The summed E-state index contributed by atoms with van der Waals surface area (Å²) < 4.78 is 4.75. The molecule has 0 radical (unpaired) electrons. The minimum Gasteiger partial charge on any atom is -0.258 e. The van der Waals surface area contributed by atoms with Crippen molar-refractivity contribution >= 4 is 57.9 Å². The number of nitro benzene ring substituents is 1. The van der Waals surface area contributed by atoms with E-state index in [1.165, 1.54) is 25.0 Å². The van der Waals surface area contributed by atoms with Gasteiger partial charge in [0.05, 0.1) is 14.3 Å². The van der Waals surface area contributed by atoms with E-state index in [4.69, 9.17) is 0 Å². The van der Waals surface area contributed by atoms with Crippen LogP contribution in [0.3, 0.4) is 0 Å². The summed E-state index contributed by atoms with van der Waals surface area (Å²) >= 11 is 3.41. The zero-order valence-corrected chi connectivity index (χ0v) is 12.2. The number of rotatable bonds is 1. The number of non-ortho nitro benzene ring substituents is 1. The smallest absolute Gasteiger partial charge is 0.258 e. The highest BCUT2D eigenvalue weighted by atomic mass is 32.1. The molecule has 2 heterocycles. The summed E-state index contributed by atoms with van der Waals surface area (Å²) in [6.45, 7) is 2.09. The maximum Gasteiger partial charge on any atom is 0.270 e. The van der Waals surface area contributed by atoms with Crippen LogP contribution in [-0.2, 0) is 0 Å². The van der Waals surface area contributed by atoms with E-state index in [0.717, 1.165) is 10.1 Å². The Morgan fingerprint density at radius 2 is 1.55 bits per heavy atom. The van der Waals surface area contributed by atoms with Gasteiger partial charge >= 0.3 is 0 Å². The molecule has 4 rings (SSSR count). The zero-order chi connectivity index (χ0) is 13.9. The van der Waals surface area contributed by atoms with Crippen molar-refractivity contribution < 1.29 is 4.92 Å². The third kappa shape index (κ3) is 1.57. The average molecular weight is 299 g/mol. The lowest BCUT2D eigenvalue weighted by Crippen LogP contribution is -1.85. The maximum absolute atomic E-state index is 10.9. The molecule has 2 aromatic carbocycles. The molecule has 98 valence electrons. The Morgan fingerprint density at radius 1 is 0.950 bits per heavy atom. The van der Waals surface area contributed by atoms with Gasteiger partial charge in [0.25, 0.3) is 5.69 Å². The van der Waals surface area contributed by atoms with Gasteiger partial charge in [-0.1, -0.05) is 12.1 Å². The van der Waals surface area contributed by atoms with Crippen molar-refractivity contribution in [3.63, 3.8) is 0 Å². The van der Waals surface area contributed by atoms with Crippen molar-refractivity contribution in [3.8, 4) is 0 Å². The van der Waals surface area contributed by atoms with Gasteiger partial charge in [-0.3, -0.25) is 10.1 Å². The molecule has 0 atom stereocenters. The highest BCUT2D eigenvalue weighted by Crippen LogP contribution is 2.44. The van der Waals surface area contributed by atoms with E-state index < -0.39 is 0 Å². The number of fused-ring (bicyclic) bond motifs is 5. The lowest BCUT2D eigenvalue weighted by molar-refractivity contribution is -0.384. The predicted molar refractivity (Wildman–Crippen MR) is 86.1 cm³/mol. The molecule has 0 saturated carbocycles. The van der Waals surface area contributed by atoms with Crippen molar-refractivity contribution in [2.24, 2.45) is 0 Å². The Morgan fingerprint density at radius 3 is 2.20 bits per heavy atom. The number of thiophene rings is 2. The summed E-state index contributed by atoms with van der Waals surface area (Å²) in [4.78, 5) is 10.5. The minimum atomic E-state index is -0.339. The number of hydrogen-bond donors (Lipinski definition) is 0. The van der Waals surface area contributed by atoms with Gasteiger partial charge in [0.2, 0.25) is 0 Å². The van der Waals surface area contributed by atoms with Gasteiger partial charge in [0, 0.05) is 32.3 Å². The normalized spacial score (nSPS) is 11.7. The summed E-state index contributed by atoms with van der Waals surface area (Å²) in [5.41, 5.74) is 1.41. The first-order valence-corrected chi connectivity index (χ1v) is 7.76. The summed E-state index contributed by atoms with van der Waals surface area (Å²) in [6.07, 6.45) is 0. The summed E-state index contributed by atoms with van der Waals surface area (Å²) in [7, 11) is 0. The molecule has 2 aromatic heterocycles. The Hall–Kier alpha value is -1.98. The molecule has 4 aromatic rings. The number of nitro groups is 1. The van der Waals surface area contributed by atoms with Crippen LogP contribution in [-0.4, -0.2) is 4.92 Å². The largest absolute Gasteiger partial charge is 0.270 e. The van der Waals surface area contributed by atoms with Crippen LogP contribution in [0, 0.1) is 17.0 Å². The number of nitrogens with zero attached hydrogens (tertiary/aromatic N) is 1. The second kappa shape index (κ2) is 4.01. The van der Waals surface area contributed by atoms with Crippen molar-refractivity contribution in [1.29, 1.82) is 0 Å². The minimum absolute atomic E-state index is 0.159. The monoisotopic (exact) mass is 299 g/mol. The second-order valence-electron chi connectivity index (χ2n) is 4.80. The van der Waals surface area contributed by atoms with Crippen molar-refractivity contribution in [1.82, 2.24) is 0 Å². The van der Waals surface area contributed by atoms with Crippen LogP contribution < -0.4 is 0 Å². The molecule has 5 heteroatoms. The van der Waals surface area contributed by atoms with Crippen molar-refractivity contribution in [3.05, 3.63) is 52.1 Å². The molecule has 0 aliphatic rings. The Balaban J connectivity index is 2.12. The standard InChI is InChI=1S/C15H9NO2S2/c1-8-2-4-10-12(6-8)19-15-11-5-3-9(16(17)18)7-13(11)20-14(10)15/h2-7H,1H3. The topological polar surface area (TPSA) is 43.1 Å². The number of benzene rings is 2. The molecule has 0 bridgehead atoms. The Bertz CT molecular complexity index is 997. The molecule has 0 spiro atoms. The van der Waals surface area contributed by atoms with Gasteiger partial charge in [0.15, 0.2) is 0 Å². The lowest BCUT2D eigenvalue weighted by atomic mass is 10.2. The van der Waals surface area contributed by atoms with Crippen LogP contribution >= 0.6 is 22.7 Å². The molecule has 0 N–H and O–H groups in total. The molecule has 0 fully saturated rings. The third-order valence-electron chi connectivity index (χ3n) is 3.43. The van der Waals surface area contributed by atoms with Crippen LogP contribution in [0.5, 0.6) is 0 Å². The molecule has 3 nitrogen and oxygen atoms in total. The Labute approximate surface area is 122 Å². The van der Waals surface area contributed by atoms with Crippen molar-refractivity contribution in [2.75, 3.05) is 0 Å². The van der Waals surface area contributed by atoms with E-state index >= 15 is 0 Å². The molecule has 0 amide bonds.